The summed E-state index contributed by atoms with van der Waals surface area (Å²) in [4.78, 5) is 5.19. The van der Waals surface area contributed by atoms with Gasteiger partial charge >= 0.3 is 0 Å². The highest BCUT2D eigenvalue weighted by Crippen LogP contribution is 2.46. The molecule has 0 bridgehead atoms. The van der Waals surface area contributed by atoms with Gasteiger partial charge in [-0.25, -0.2) is 4.98 Å². The van der Waals surface area contributed by atoms with Crippen LogP contribution in [-0.2, 0) is 0 Å². The summed E-state index contributed by atoms with van der Waals surface area (Å²) in [5, 5.41) is 11.3. The van der Waals surface area contributed by atoms with Gasteiger partial charge in [0, 0.05) is 22.1 Å². The van der Waals surface area contributed by atoms with Crippen molar-refractivity contribution in [1.29, 1.82) is 0 Å². The van der Waals surface area contributed by atoms with Crippen LogP contribution >= 0.6 is 0 Å². The van der Waals surface area contributed by atoms with E-state index in [4.69, 9.17) is 4.98 Å². The number of aromatic nitrogens is 2. The third-order valence-corrected chi connectivity index (χ3v) is 10.8. The molecule has 0 radical (unpaired) electrons. The largest absolute Gasteiger partial charge is 0.292 e. The van der Waals surface area contributed by atoms with E-state index in [1.165, 1.54) is 81.8 Å². The summed E-state index contributed by atoms with van der Waals surface area (Å²) in [5.41, 5.74) is 10.8. The molecule has 2 nitrogen and oxygen atoms in total. The SMILES string of the molecule is C1=CCC2C=C(c3c4ccccc4c(-c4ccc5c(c4)c4c6ccccc6ccc4c4nc6ccccc6n54)c4ccccc34)C=CC2=C1. The quantitative estimate of drug-likeness (QED) is 0.138. The van der Waals surface area contributed by atoms with Crippen molar-refractivity contribution in [3.63, 3.8) is 0 Å². The third-order valence-electron chi connectivity index (χ3n) is 10.8. The smallest absolute Gasteiger partial charge is 0.146 e. The van der Waals surface area contributed by atoms with Gasteiger partial charge in [0.25, 0.3) is 0 Å². The van der Waals surface area contributed by atoms with E-state index in [9.17, 15) is 0 Å². The summed E-state index contributed by atoms with van der Waals surface area (Å²) in [5.74, 6) is 0.418. The number of imidazole rings is 1. The molecule has 2 aromatic heterocycles. The first-order valence-electron chi connectivity index (χ1n) is 17.2. The maximum absolute atomic E-state index is 5.19. The summed E-state index contributed by atoms with van der Waals surface area (Å²) in [7, 11) is 0. The lowest BCUT2D eigenvalue weighted by Gasteiger charge is -2.24. The van der Waals surface area contributed by atoms with Gasteiger partial charge in [0.2, 0.25) is 0 Å². The highest BCUT2D eigenvalue weighted by Gasteiger charge is 2.22. The monoisotopic (exact) mass is 622 g/mol. The van der Waals surface area contributed by atoms with Crippen LogP contribution in [0.15, 0.2) is 169 Å². The van der Waals surface area contributed by atoms with Gasteiger partial charge in [-0.05, 0) is 96.9 Å². The second-order valence-electron chi connectivity index (χ2n) is 13.4. The first-order chi connectivity index (χ1) is 24.3. The molecule has 0 N–H and O–H groups in total. The fourth-order valence-electron chi connectivity index (χ4n) is 8.67. The molecule has 0 fully saturated rings. The van der Waals surface area contributed by atoms with Crippen molar-refractivity contribution >= 4 is 76.2 Å². The third kappa shape index (κ3) is 3.80. The van der Waals surface area contributed by atoms with Crippen molar-refractivity contribution in [3.8, 4) is 11.1 Å². The van der Waals surface area contributed by atoms with Crippen molar-refractivity contribution in [2.24, 2.45) is 5.92 Å². The van der Waals surface area contributed by atoms with Gasteiger partial charge < -0.3 is 0 Å². The van der Waals surface area contributed by atoms with E-state index in [-0.39, 0.29) is 0 Å². The van der Waals surface area contributed by atoms with Gasteiger partial charge in [0.1, 0.15) is 5.65 Å². The number of para-hydroxylation sites is 2. The lowest BCUT2D eigenvalue weighted by atomic mass is 9.80. The molecule has 1 unspecified atom stereocenters. The number of benzene rings is 7. The minimum absolute atomic E-state index is 0.418. The average Bonchev–Trinajstić information content (AvgIpc) is 3.56. The van der Waals surface area contributed by atoms with Crippen molar-refractivity contribution in [2.75, 3.05) is 0 Å². The van der Waals surface area contributed by atoms with Crippen LogP contribution in [-0.4, -0.2) is 9.38 Å². The number of hydrogen-bond donors (Lipinski definition) is 0. The van der Waals surface area contributed by atoms with Crippen molar-refractivity contribution in [2.45, 2.75) is 6.42 Å². The van der Waals surface area contributed by atoms with Crippen LogP contribution in [0.25, 0.3) is 87.4 Å². The molecule has 2 heteroatoms. The Morgan fingerprint density at radius 1 is 0.571 bits per heavy atom. The topological polar surface area (TPSA) is 17.3 Å². The molecule has 7 aromatic carbocycles. The zero-order valence-corrected chi connectivity index (χ0v) is 26.8. The Bertz CT molecular complexity index is 2960. The van der Waals surface area contributed by atoms with Gasteiger partial charge in [0.15, 0.2) is 0 Å². The molecule has 2 aliphatic carbocycles. The molecular formula is C47H30N2. The lowest BCUT2D eigenvalue weighted by molar-refractivity contribution is 0.783. The number of hydrogen-bond acceptors (Lipinski definition) is 1. The summed E-state index contributed by atoms with van der Waals surface area (Å²) in [6.45, 7) is 0. The fraction of sp³-hybridized carbons (Fsp3) is 0.0426. The molecule has 1 atom stereocenters. The number of rotatable bonds is 2. The number of fused-ring (bicyclic) bond motifs is 13. The minimum Gasteiger partial charge on any atom is -0.292 e. The molecule has 49 heavy (non-hydrogen) atoms. The summed E-state index contributed by atoms with van der Waals surface area (Å²) in [6.07, 6.45) is 14.9. The van der Waals surface area contributed by atoms with Gasteiger partial charge in [0.05, 0.1) is 16.6 Å². The maximum Gasteiger partial charge on any atom is 0.146 e. The van der Waals surface area contributed by atoms with Crippen LogP contribution in [0.1, 0.15) is 12.0 Å². The van der Waals surface area contributed by atoms with Gasteiger partial charge in [-0.3, -0.25) is 4.40 Å². The highest BCUT2D eigenvalue weighted by molar-refractivity contribution is 6.26. The van der Waals surface area contributed by atoms with Crippen LogP contribution in [0.5, 0.6) is 0 Å². The number of nitrogens with zero attached hydrogens (tertiary/aromatic N) is 2. The second kappa shape index (κ2) is 10.1. The fourth-order valence-corrected chi connectivity index (χ4v) is 8.67. The molecular weight excluding hydrogens is 593 g/mol. The molecule has 0 aliphatic heterocycles. The molecule has 2 heterocycles. The molecule has 9 aromatic rings. The average molecular weight is 623 g/mol. The maximum atomic E-state index is 5.19. The van der Waals surface area contributed by atoms with Gasteiger partial charge in [-0.1, -0.05) is 134 Å². The molecule has 11 rings (SSSR count). The Labute approximate surface area is 283 Å². The second-order valence-corrected chi connectivity index (χ2v) is 13.4. The zero-order valence-electron chi connectivity index (χ0n) is 26.8. The molecule has 0 saturated carbocycles. The first kappa shape index (κ1) is 26.8. The lowest BCUT2D eigenvalue weighted by Crippen LogP contribution is -2.06. The first-order valence-corrected chi connectivity index (χ1v) is 17.2. The summed E-state index contributed by atoms with van der Waals surface area (Å²) in [6, 6.07) is 46.8. The molecule has 0 amide bonds. The standard InChI is InChI=1S/C47H30N2/c1-2-13-31-27-32(22-21-29(31)11-1)44-35-15-5-7-17-37(35)45(38-18-8-6-16-36(38)44)33-24-26-42-40(28-33)46-34-14-4-3-12-30(34)23-25-39(46)47-48-41-19-9-10-20-43(41)49(42)47/h1-12,14-28,31H,13H2. The molecule has 0 saturated heterocycles. The Morgan fingerprint density at radius 3 is 2.10 bits per heavy atom. The van der Waals surface area contributed by atoms with E-state index in [1.807, 2.05) is 0 Å². The Hall–Kier alpha value is -6.25. The number of pyridine rings is 1. The summed E-state index contributed by atoms with van der Waals surface area (Å²) < 4.78 is 2.36. The normalized spacial score (nSPS) is 16.0. The van der Waals surface area contributed by atoms with E-state index in [0.717, 1.165) is 23.1 Å². The minimum atomic E-state index is 0.418. The predicted octanol–water partition coefficient (Wildman–Crippen LogP) is 12.4. The van der Waals surface area contributed by atoms with Crippen LogP contribution in [0, 0.1) is 5.92 Å². The van der Waals surface area contributed by atoms with Crippen LogP contribution < -0.4 is 0 Å². The predicted molar refractivity (Wildman–Crippen MR) is 208 cm³/mol. The molecule has 2 aliphatic rings. The van der Waals surface area contributed by atoms with Crippen LogP contribution in [0.2, 0.25) is 0 Å². The zero-order chi connectivity index (χ0) is 32.1. The van der Waals surface area contributed by atoms with Crippen molar-refractivity contribution in [3.05, 3.63) is 175 Å². The van der Waals surface area contributed by atoms with Crippen LogP contribution in [0.4, 0.5) is 0 Å². The van der Waals surface area contributed by atoms with E-state index < -0.39 is 0 Å². The highest BCUT2D eigenvalue weighted by atomic mass is 15.0. The van der Waals surface area contributed by atoms with Crippen molar-refractivity contribution in [1.82, 2.24) is 9.38 Å². The van der Waals surface area contributed by atoms with E-state index >= 15 is 0 Å². The Morgan fingerprint density at radius 2 is 1.29 bits per heavy atom. The van der Waals surface area contributed by atoms with E-state index in [0.29, 0.717) is 5.92 Å². The Kier molecular flexibility index (Phi) is 5.53. The van der Waals surface area contributed by atoms with Crippen molar-refractivity contribution < 1.29 is 0 Å². The van der Waals surface area contributed by atoms with Gasteiger partial charge in [-0.2, -0.15) is 0 Å². The molecule has 0 spiro atoms. The van der Waals surface area contributed by atoms with E-state index in [1.54, 1.807) is 0 Å². The Balaban J connectivity index is 1.26. The van der Waals surface area contributed by atoms with E-state index in [2.05, 4.69) is 168 Å². The summed E-state index contributed by atoms with van der Waals surface area (Å²) >= 11 is 0. The van der Waals surface area contributed by atoms with Crippen LogP contribution in [0.3, 0.4) is 0 Å². The molecule has 228 valence electrons. The number of allylic oxidation sites excluding steroid dienone is 8. The van der Waals surface area contributed by atoms with Gasteiger partial charge in [-0.15, -0.1) is 0 Å².